The summed E-state index contributed by atoms with van der Waals surface area (Å²) >= 11 is 0. The molecule has 2 aromatic rings. The summed E-state index contributed by atoms with van der Waals surface area (Å²) in [7, 11) is -3.75. The molecule has 3 rings (SSSR count). The molecule has 22 heavy (non-hydrogen) atoms. The van der Waals surface area contributed by atoms with Gasteiger partial charge < -0.3 is 9.63 Å². The standard InChI is InChI=1S/C12H14N4O5S/c1-6-11(7(2)21-15-6)22(19,20)16-4-3-8-9(5-16)13-14-10(8)12(17)18/h3-5H2,1-2H3,(H,13,14)(H,17,18). The maximum absolute atomic E-state index is 12.7. The number of hydrogen-bond acceptors (Lipinski definition) is 6. The number of carboxylic acid groups (broad SMARTS) is 1. The highest BCUT2D eigenvalue weighted by Gasteiger charge is 2.35. The molecule has 0 aromatic carbocycles. The SMILES string of the molecule is Cc1noc(C)c1S(=O)(=O)N1CCc2c(C(=O)O)n[nH]c2C1. The van der Waals surface area contributed by atoms with Crippen LogP contribution in [0.5, 0.6) is 0 Å². The van der Waals surface area contributed by atoms with Crippen LogP contribution in [0.25, 0.3) is 0 Å². The molecule has 0 unspecified atom stereocenters. The number of H-pyrrole nitrogens is 1. The second kappa shape index (κ2) is 4.92. The van der Waals surface area contributed by atoms with Crippen LogP contribution in [-0.2, 0) is 23.0 Å². The number of carbonyl (C=O) groups is 1. The summed E-state index contributed by atoms with van der Waals surface area (Å²) in [5.41, 5.74) is 1.31. The van der Waals surface area contributed by atoms with Gasteiger partial charge in [0.2, 0.25) is 10.0 Å². The largest absolute Gasteiger partial charge is 0.476 e. The number of carboxylic acids is 1. The fraction of sp³-hybridized carbons (Fsp3) is 0.417. The molecule has 0 amide bonds. The van der Waals surface area contributed by atoms with Crippen molar-refractivity contribution < 1.29 is 22.8 Å². The van der Waals surface area contributed by atoms with Crippen molar-refractivity contribution in [1.29, 1.82) is 0 Å². The maximum Gasteiger partial charge on any atom is 0.356 e. The molecular weight excluding hydrogens is 312 g/mol. The van der Waals surface area contributed by atoms with E-state index < -0.39 is 16.0 Å². The first-order valence-corrected chi connectivity index (χ1v) is 7.98. The van der Waals surface area contributed by atoms with Gasteiger partial charge in [-0.1, -0.05) is 5.16 Å². The molecule has 0 spiro atoms. The Morgan fingerprint density at radius 3 is 2.73 bits per heavy atom. The molecule has 9 nitrogen and oxygen atoms in total. The topological polar surface area (TPSA) is 129 Å². The quantitative estimate of drug-likeness (QED) is 0.838. The monoisotopic (exact) mass is 326 g/mol. The predicted octanol–water partition coefficient (Wildman–Crippen LogP) is 0.460. The highest BCUT2D eigenvalue weighted by molar-refractivity contribution is 7.89. The Labute approximate surface area is 126 Å². The lowest BCUT2D eigenvalue weighted by Crippen LogP contribution is -2.36. The van der Waals surface area contributed by atoms with Crippen LogP contribution < -0.4 is 0 Å². The molecule has 1 aliphatic heterocycles. The van der Waals surface area contributed by atoms with E-state index in [2.05, 4.69) is 15.4 Å². The molecule has 0 aliphatic carbocycles. The van der Waals surface area contributed by atoms with Crippen molar-refractivity contribution in [3.05, 3.63) is 28.4 Å². The number of aromatic nitrogens is 3. The molecule has 118 valence electrons. The summed E-state index contributed by atoms with van der Waals surface area (Å²) in [4.78, 5) is 11.1. The number of aryl methyl sites for hydroxylation is 2. The van der Waals surface area contributed by atoms with Gasteiger partial charge in [-0.25, -0.2) is 13.2 Å². The first-order chi connectivity index (χ1) is 10.3. The molecule has 0 saturated carbocycles. The van der Waals surface area contributed by atoms with Gasteiger partial charge in [0.1, 0.15) is 10.6 Å². The minimum atomic E-state index is -3.75. The summed E-state index contributed by atoms with van der Waals surface area (Å²) in [5, 5.41) is 19.1. The third kappa shape index (κ3) is 2.11. The van der Waals surface area contributed by atoms with Crippen LogP contribution in [0.4, 0.5) is 0 Å². The summed E-state index contributed by atoms with van der Waals surface area (Å²) < 4.78 is 31.6. The van der Waals surface area contributed by atoms with Crippen LogP contribution in [0.3, 0.4) is 0 Å². The lowest BCUT2D eigenvalue weighted by molar-refractivity contribution is 0.0689. The van der Waals surface area contributed by atoms with E-state index in [1.165, 1.54) is 4.31 Å². The number of nitrogens with zero attached hydrogens (tertiary/aromatic N) is 3. The van der Waals surface area contributed by atoms with E-state index in [1.54, 1.807) is 13.8 Å². The van der Waals surface area contributed by atoms with Gasteiger partial charge in [-0.05, 0) is 20.3 Å². The Morgan fingerprint density at radius 1 is 1.41 bits per heavy atom. The summed E-state index contributed by atoms with van der Waals surface area (Å²) in [6.07, 6.45) is 0.288. The van der Waals surface area contributed by atoms with E-state index in [0.717, 1.165) is 0 Å². The molecule has 0 radical (unpaired) electrons. The third-order valence-electron chi connectivity index (χ3n) is 3.67. The van der Waals surface area contributed by atoms with Gasteiger partial charge >= 0.3 is 5.97 Å². The average Bonchev–Trinajstić information content (AvgIpc) is 3.01. The predicted molar refractivity (Wildman–Crippen MR) is 72.8 cm³/mol. The Hall–Kier alpha value is -2.20. The molecule has 1 aliphatic rings. The fourth-order valence-corrected chi connectivity index (χ4v) is 4.35. The molecule has 0 fully saturated rings. The van der Waals surface area contributed by atoms with Crippen LogP contribution in [0.15, 0.2) is 9.42 Å². The first kappa shape index (κ1) is 14.7. The van der Waals surface area contributed by atoms with Crippen LogP contribution in [-0.4, -0.2) is 45.7 Å². The zero-order valence-electron chi connectivity index (χ0n) is 12.0. The van der Waals surface area contributed by atoms with Crippen molar-refractivity contribution in [3.8, 4) is 0 Å². The number of sulfonamides is 1. The Kier molecular flexibility index (Phi) is 3.29. The zero-order chi connectivity index (χ0) is 16.1. The van der Waals surface area contributed by atoms with E-state index in [-0.39, 0.29) is 35.9 Å². The molecule has 3 heterocycles. The van der Waals surface area contributed by atoms with Crippen LogP contribution in [0.1, 0.15) is 33.2 Å². The summed E-state index contributed by atoms with van der Waals surface area (Å²) in [6, 6.07) is 0. The maximum atomic E-state index is 12.7. The van der Waals surface area contributed by atoms with Crippen molar-refractivity contribution >= 4 is 16.0 Å². The molecule has 10 heteroatoms. The third-order valence-corrected chi connectivity index (χ3v) is 5.76. The van der Waals surface area contributed by atoms with E-state index in [0.29, 0.717) is 17.0 Å². The lowest BCUT2D eigenvalue weighted by atomic mass is 10.1. The van der Waals surface area contributed by atoms with Gasteiger partial charge in [0.15, 0.2) is 11.5 Å². The van der Waals surface area contributed by atoms with Crippen molar-refractivity contribution in [2.45, 2.75) is 31.7 Å². The molecule has 0 atom stereocenters. The number of nitrogens with one attached hydrogen (secondary N) is 1. The van der Waals surface area contributed by atoms with Crippen LogP contribution in [0, 0.1) is 13.8 Å². The van der Waals surface area contributed by atoms with E-state index in [4.69, 9.17) is 9.63 Å². The number of rotatable bonds is 3. The number of aromatic carboxylic acids is 1. The van der Waals surface area contributed by atoms with Gasteiger partial charge in [0.25, 0.3) is 0 Å². The highest BCUT2D eigenvalue weighted by Crippen LogP contribution is 2.28. The van der Waals surface area contributed by atoms with Gasteiger partial charge in [-0.3, -0.25) is 5.10 Å². The van der Waals surface area contributed by atoms with E-state index in [1.807, 2.05) is 0 Å². The number of hydrogen-bond donors (Lipinski definition) is 2. The van der Waals surface area contributed by atoms with Crippen molar-refractivity contribution in [1.82, 2.24) is 19.7 Å². The second-order valence-electron chi connectivity index (χ2n) is 5.08. The Bertz CT molecular complexity index is 831. The van der Waals surface area contributed by atoms with E-state index in [9.17, 15) is 13.2 Å². The lowest BCUT2D eigenvalue weighted by Gasteiger charge is -2.25. The number of fused-ring (bicyclic) bond motifs is 1. The minimum Gasteiger partial charge on any atom is -0.476 e. The minimum absolute atomic E-state index is 0.0437. The molecule has 2 N–H and O–H groups in total. The average molecular weight is 326 g/mol. The van der Waals surface area contributed by atoms with E-state index >= 15 is 0 Å². The van der Waals surface area contributed by atoms with Gasteiger partial charge in [0, 0.05) is 12.1 Å². The van der Waals surface area contributed by atoms with Gasteiger partial charge in [-0.2, -0.15) is 9.40 Å². The molecule has 2 aromatic heterocycles. The molecule has 0 bridgehead atoms. The summed E-state index contributed by atoms with van der Waals surface area (Å²) in [5.74, 6) is -0.890. The van der Waals surface area contributed by atoms with Crippen LogP contribution in [0.2, 0.25) is 0 Å². The van der Waals surface area contributed by atoms with Crippen molar-refractivity contribution in [3.63, 3.8) is 0 Å². The van der Waals surface area contributed by atoms with Crippen molar-refractivity contribution in [2.24, 2.45) is 0 Å². The smallest absolute Gasteiger partial charge is 0.356 e. The van der Waals surface area contributed by atoms with Gasteiger partial charge in [-0.15, -0.1) is 0 Å². The summed E-state index contributed by atoms with van der Waals surface area (Å²) in [6.45, 7) is 3.33. The van der Waals surface area contributed by atoms with Crippen molar-refractivity contribution in [2.75, 3.05) is 6.54 Å². The zero-order valence-corrected chi connectivity index (χ0v) is 12.8. The molecular formula is C12H14N4O5S. The van der Waals surface area contributed by atoms with Gasteiger partial charge in [0.05, 0.1) is 12.2 Å². The Balaban J connectivity index is 1.97. The highest BCUT2D eigenvalue weighted by atomic mass is 32.2. The first-order valence-electron chi connectivity index (χ1n) is 6.54. The van der Waals surface area contributed by atoms with Crippen LogP contribution >= 0.6 is 0 Å². The normalized spacial score (nSPS) is 15.7. The Morgan fingerprint density at radius 2 is 2.14 bits per heavy atom. The fourth-order valence-electron chi connectivity index (χ4n) is 2.65. The second-order valence-corrected chi connectivity index (χ2v) is 6.95. The number of aromatic amines is 1. The molecule has 0 saturated heterocycles.